The monoisotopic (exact) mass is 269 g/mol. The van der Waals surface area contributed by atoms with Gasteiger partial charge in [0.1, 0.15) is 0 Å². The molecule has 104 valence electrons. The molecule has 1 aromatic carbocycles. The Bertz CT molecular complexity index is 610. The summed E-state index contributed by atoms with van der Waals surface area (Å²) in [6.07, 6.45) is 2.57. The molecular weight excluding hydrogens is 250 g/mol. The number of carbonyl (C=O) groups is 1. The van der Waals surface area contributed by atoms with E-state index in [1.54, 1.807) is 23.2 Å². The first-order valence-corrected chi connectivity index (χ1v) is 6.72. The van der Waals surface area contributed by atoms with Gasteiger partial charge >= 0.3 is 0 Å². The molecule has 0 radical (unpaired) electrons. The Morgan fingerprint density at radius 2 is 2.10 bits per heavy atom. The Kier molecular flexibility index (Phi) is 4.35. The van der Waals surface area contributed by atoms with Crippen LogP contribution in [0.15, 0.2) is 42.6 Å². The second-order valence-electron chi connectivity index (χ2n) is 4.69. The van der Waals surface area contributed by atoms with E-state index in [0.717, 1.165) is 17.8 Å². The number of hydrogen-bond donors (Lipinski definition) is 1. The lowest BCUT2D eigenvalue weighted by atomic mass is 10.1. The van der Waals surface area contributed by atoms with Crippen LogP contribution < -0.4 is 10.6 Å². The summed E-state index contributed by atoms with van der Waals surface area (Å²) in [5, 5.41) is 0. The molecule has 0 atom stereocenters. The van der Waals surface area contributed by atoms with Crippen LogP contribution in [-0.4, -0.2) is 17.4 Å². The maximum atomic E-state index is 12.7. The minimum Gasteiger partial charge on any atom is -0.399 e. The number of aromatic nitrogens is 1. The molecule has 2 N–H and O–H groups in total. The number of amides is 1. The first kappa shape index (κ1) is 14.1. The van der Waals surface area contributed by atoms with Gasteiger partial charge in [-0.1, -0.05) is 13.0 Å². The van der Waals surface area contributed by atoms with Gasteiger partial charge in [-0.3, -0.25) is 9.78 Å². The largest absolute Gasteiger partial charge is 0.399 e. The number of nitrogens with two attached hydrogens (primary N) is 1. The predicted molar refractivity (Wildman–Crippen MR) is 81.8 cm³/mol. The van der Waals surface area contributed by atoms with Crippen molar-refractivity contribution in [3.05, 3.63) is 53.9 Å². The minimum absolute atomic E-state index is 0.0388. The molecule has 1 amide bonds. The van der Waals surface area contributed by atoms with Gasteiger partial charge in [0.2, 0.25) is 0 Å². The smallest absolute Gasteiger partial charge is 0.260 e. The zero-order valence-electron chi connectivity index (χ0n) is 11.8. The molecule has 1 aromatic heterocycles. The average Bonchev–Trinajstić information content (AvgIpc) is 2.44. The van der Waals surface area contributed by atoms with Crippen LogP contribution in [0, 0.1) is 6.92 Å². The molecule has 2 rings (SSSR count). The molecule has 4 nitrogen and oxygen atoms in total. The number of hydrogen-bond acceptors (Lipinski definition) is 3. The normalized spacial score (nSPS) is 10.3. The molecular formula is C16H19N3O. The number of benzene rings is 1. The molecule has 0 unspecified atom stereocenters. The fourth-order valence-electron chi connectivity index (χ4n) is 2.12. The van der Waals surface area contributed by atoms with Crippen LogP contribution in [0.3, 0.4) is 0 Å². The highest BCUT2D eigenvalue weighted by Crippen LogP contribution is 2.21. The third kappa shape index (κ3) is 2.96. The lowest BCUT2D eigenvalue weighted by molar-refractivity contribution is 0.0986. The number of aryl methyl sites for hydroxylation is 1. The summed E-state index contributed by atoms with van der Waals surface area (Å²) in [5.41, 5.74) is 8.65. The highest BCUT2D eigenvalue weighted by atomic mass is 16.2. The van der Waals surface area contributed by atoms with Gasteiger partial charge in [0.15, 0.2) is 0 Å². The highest BCUT2D eigenvalue weighted by molar-refractivity contribution is 6.06. The van der Waals surface area contributed by atoms with Gasteiger partial charge in [-0.25, -0.2) is 0 Å². The first-order valence-electron chi connectivity index (χ1n) is 6.72. The number of pyridine rings is 1. The number of anilines is 2. The molecule has 2 aromatic rings. The van der Waals surface area contributed by atoms with Gasteiger partial charge in [-0.2, -0.15) is 0 Å². The molecule has 0 fully saturated rings. The number of nitrogens with zero attached hydrogens (tertiary/aromatic N) is 2. The standard InChI is InChI=1S/C16H19N3O/c1-3-10-19(14-7-4-6-13(17)11-14)16(20)15-8-5-9-18-12(15)2/h4-9,11H,3,10,17H2,1-2H3. The van der Waals surface area contributed by atoms with E-state index in [-0.39, 0.29) is 5.91 Å². The molecule has 0 spiro atoms. The van der Waals surface area contributed by atoms with Crippen molar-refractivity contribution in [1.82, 2.24) is 4.98 Å². The van der Waals surface area contributed by atoms with Crippen LogP contribution >= 0.6 is 0 Å². The molecule has 1 heterocycles. The highest BCUT2D eigenvalue weighted by Gasteiger charge is 2.19. The summed E-state index contributed by atoms with van der Waals surface area (Å²) in [7, 11) is 0. The lowest BCUT2D eigenvalue weighted by Crippen LogP contribution is -2.32. The van der Waals surface area contributed by atoms with Crippen LogP contribution in [0.4, 0.5) is 11.4 Å². The maximum Gasteiger partial charge on any atom is 0.260 e. The van der Waals surface area contributed by atoms with Crippen molar-refractivity contribution >= 4 is 17.3 Å². The molecule has 4 heteroatoms. The first-order chi connectivity index (χ1) is 9.63. The van der Waals surface area contributed by atoms with Gasteiger partial charge in [0.25, 0.3) is 5.91 Å². The zero-order valence-corrected chi connectivity index (χ0v) is 11.8. The molecule has 0 saturated carbocycles. The summed E-state index contributed by atoms with van der Waals surface area (Å²) in [6, 6.07) is 11.0. The molecule has 0 bridgehead atoms. The molecule has 0 aliphatic heterocycles. The van der Waals surface area contributed by atoms with Crippen LogP contribution in [0.2, 0.25) is 0 Å². The van der Waals surface area contributed by atoms with Gasteiger partial charge in [0, 0.05) is 29.8 Å². The van der Waals surface area contributed by atoms with Crippen molar-refractivity contribution in [2.75, 3.05) is 17.2 Å². The van der Waals surface area contributed by atoms with Gasteiger partial charge in [-0.05, 0) is 43.7 Å². The lowest BCUT2D eigenvalue weighted by Gasteiger charge is -2.23. The summed E-state index contributed by atoms with van der Waals surface area (Å²) < 4.78 is 0. The summed E-state index contributed by atoms with van der Waals surface area (Å²) >= 11 is 0. The Labute approximate surface area is 119 Å². The average molecular weight is 269 g/mol. The molecule has 0 aliphatic carbocycles. The van der Waals surface area contributed by atoms with E-state index in [2.05, 4.69) is 4.98 Å². The Balaban J connectivity index is 2.39. The summed E-state index contributed by atoms with van der Waals surface area (Å²) in [5.74, 6) is -0.0388. The van der Waals surface area contributed by atoms with E-state index in [1.165, 1.54) is 0 Å². The van der Waals surface area contributed by atoms with E-state index in [1.807, 2.05) is 38.1 Å². The second kappa shape index (κ2) is 6.19. The number of carbonyl (C=O) groups excluding carboxylic acids is 1. The predicted octanol–water partition coefficient (Wildman–Crippen LogP) is 3.03. The second-order valence-corrected chi connectivity index (χ2v) is 4.69. The number of rotatable bonds is 4. The van der Waals surface area contributed by atoms with Crippen LogP contribution in [-0.2, 0) is 0 Å². The van der Waals surface area contributed by atoms with Crippen LogP contribution in [0.5, 0.6) is 0 Å². The van der Waals surface area contributed by atoms with E-state index in [0.29, 0.717) is 17.8 Å². The fourth-order valence-corrected chi connectivity index (χ4v) is 2.12. The van der Waals surface area contributed by atoms with Crippen molar-refractivity contribution < 1.29 is 4.79 Å². The van der Waals surface area contributed by atoms with Crippen LogP contribution in [0.1, 0.15) is 29.4 Å². The third-order valence-corrected chi connectivity index (χ3v) is 3.11. The topological polar surface area (TPSA) is 59.2 Å². The third-order valence-electron chi connectivity index (χ3n) is 3.11. The Hall–Kier alpha value is -2.36. The molecule has 0 saturated heterocycles. The van der Waals surface area contributed by atoms with Crippen molar-refractivity contribution in [3.63, 3.8) is 0 Å². The van der Waals surface area contributed by atoms with Crippen molar-refractivity contribution in [3.8, 4) is 0 Å². The van der Waals surface area contributed by atoms with E-state index in [4.69, 9.17) is 5.73 Å². The minimum atomic E-state index is -0.0388. The van der Waals surface area contributed by atoms with E-state index >= 15 is 0 Å². The summed E-state index contributed by atoms with van der Waals surface area (Å²) in [4.78, 5) is 18.6. The van der Waals surface area contributed by atoms with E-state index in [9.17, 15) is 4.79 Å². The van der Waals surface area contributed by atoms with Crippen molar-refractivity contribution in [2.24, 2.45) is 0 Å². The zero-order chi connectivity index (χ0) is 14.5. The fraction of sp³-hybridized carbons (Fsp3) is 0.250. The van der Waals surface area contributed by atoms with Gasteiger partial charge in [-0.15, -0.1) is 0 Å². The summed E-state index contributed by atoms with van der Waals surface area (Å²) in [6.45, 7) is 4.54. The molecule has 0 aliphatic rings. The van der Waals surface area contributed by atoms with E-state index < -0.39 is 0 Å². The van der Waals surface area contributed by atoms with Gasteiger partial charge in [0.05, 0.1) is 5.56 Å². The quantitative estimate of drug-likeness (QED) is 0.868. The Morgan fingerprint density at radius 3 is 2.75 bits per heavy atom. The van der Waals surface area contributed by atoms with Crippen molar-refractivity contribution in [2.45, 2.75) is 20.3 Å². The Morgan fingerprint density at radius 1 is 1.30 bits per heavy atom. The van der Waals surface area contributed by atoms with Crippen molar-refractivity contribution in [1.29, 1.82) is 0 Å². The molecule has 20 heavy (non-hydrogen) atoms. The van der Waals surface area contributed by atoms with Gasteiger partial charge < -0.3 is 10.6 Å². The SMILES string of the molecule is CCCN(C(=O)c1cccnc1C)c1cccc(N)c1. The maximum absolute atomic E-state index is 12.7. The number of nitrogen functional groups attached to an aromatic ring is 1. The van der Waals surface area contributed by atoms with Crippen LogP contribution in [0.25, 0.3) is 0 Å².